The number of rotatable bonds is 3. The number of hydrogen-bond donors (Lipinski definition) is 0. The van der Waals surface area contributed by atoms with Gasteiger partial charge in [-0.2, -0.15) is 5.26 Å². The number of benzene rings is 1. The standard InChI is InChI=1S/C14H15BrN2O3/c1-19-14(18)13-9-17(4-5-20-13)8-11-3-2-10(7-16)6-12(11)15/h2-3,6,13H,4-5,8-9H2,1H3/t13-/m0/s1. The fourth-order valence-corrected chi connectivity index (χ4v) is 2.61. The molecule has 6 heteroatoms. The summed E-state index contributed by atoms with van der Waals surface area (Å²) < 4.78 is 11.0. The van der Waals surface area contributed by atoms with Crippen molar-refractivity contribution in [3.8, 4) is 6.07 Å². The number of methoxy groups -OCH3 is 1. The number of nitriles is 1. The van der Waals surface area contributed by atoms with Crippen molar-refractivity contribution in [2.75, 3.05) is 26.8 Å². The van der Waals surface area contributed by atoms with Crippen LogP contribution in [0.1, 0.15) is 11.1 Å². The van der Waals surface area contributed by atoms with E-state index < -0.39 is 6.10 Å². The van der Waals surface area contributed by atoms with Crippen LogP contribution in [-0.4, -0.2) is 43.8 Å². The smallest absolute Gasteiger partial charge is 0.336 e. The minimum absolute atomic E-state index is 0.339. The van der Waals surface area contributed by atoms with Crippen LogP contribution in [0.25, 0.3) is 0 Å². The van der Waals surface area contributed by atoms with Crippen molar-refractivity contribution in [3.63, 3.8) is 0 Å². The fraction of sp³-hybridized carbons (Fsp3) is 0.429. The molecule has 0 bridgehead atoms. The lowest BCUT2D eigenvalue weighted by atomic mass is 10.1. The van der Waals surface area contributed by atoms with Gasteiger partial charge in [0.1, 0.15) is 0 Å². The maximum Gasteiger partial charge on any atom is 0.336 e. The van der Waals surface area contributed by atoms with Crippen LogP contribution < -0.4 is 0 Å². The summed E-state index contributed by atoms with van der Waals surface area (Å²) >= 11 is 3.47. The van der Waals surface area contributed by atoms with Gasteiger partial charge in [0.2, 0.25) is 0 Å². The summed E-state index contributed by atoms with van der Waals surface area (Å²) in [6, 6.07) is 7.61. The van der Waals surface area contributed by atoms with Crippen LogP contribution in [0.4, 0.5) is 0 Å². The van der Waals surface area contributed by atoms with Crippen molar-refractivity contribution in [1.82, 2.24) is 4.90 Å². The highest BCUT2D eigenvalue weighted by Crippen LogP contribution is 2.21. The molecule has 0 spiro atoms. The zero-order chi connectivity index (χ0) is 14.5. The minimum atomic E-state index is -0.522. The van der Waals surface area contributed by atoms with Crippen LogP contribution in [0, 0.1) is 11.3 Å². The Labute approximate surface area is 126 Å². The lowest BCUT2D eigenvalue weighted by Gasteiger charge is -2.31. The highest BCUT2D eigenvalue weighted by Gasteiger charge is 2.27. The Morgan fingerprint density at radius 2 is 2.45 bits per heavy atom. The van der Waals surface area contributed by atoms with Crippen molar-refractivity contribution in [2.45, 2.75) is 12.6 Å². The molecular formula is C14H15BrN2O3. The monoisotopic (exact) mass is 338 g/mol. The van der Waals surface area contributed by atoms with Gasteiger partial charge < -0.3 is 9.47 Å². The predicted molar refractivity (Wildman–Crippen MR) is 75.9 cm³/mol. The van der Waals surface area contributed by atoms with Crippen LogP contribution in [0.3, 0.4) is 0 Å². The number of halogens is 1. The summed E-state index contributed by atoms with van der Waals surface area (Å²) in [6.45, 7) is 2.48. The average Bonchev–Trinajstić information content (AvgIpc) is 2.48. The highest BCUT2D eigenvalue weighted by atomic mass is 79.9. The second-order valence-electron chi connectivity index (χ2n) is 4.54. The molecule has 0 saturated carbocycles. The van der Waals surface area contributed by atoms with Crippen LogP contribution in [0.15, 0.2) is 22.7 Å². The van der Waals surface area contributed by atoms with E-state index in [-0.39, 0.29) is 5.97 Å². The van der Waals surface area contributed by atoms with Gasteiger partial charge in [-0.05, 0) is 17.7 Å². The van der Waals surface area contributed by atoms with E-state index in [0.29, 0.717) is 25.3 Å². The lowest BCUT2D eigenvalue weighted by molar-refractivity contribution is -0.160. The Bertz CT molecular complexity index is 542. The zero-order valence-corrected chi connectivity index (χ0v) is 12.7. The van der Waals surface area contributed by atoms with E-state index in [1.807, 2.05) is 6.07 Å². The van der Waals surface area contributed by atoms with Gasteiger partial charge in [-0.15, -0.1) is 0 Å². The third kappa shape index (κ3) is 3.57. The number of ether oxygens (including phenoxy) is 2. The van der Waals surface area contributed by atoms with Crippen molar-refractivity contribution in [2.24, 2.45) is 0 Å². The first-order chi connectivity index (χ1) is 9.63. The van der Waals surface area contributed by atoms with Crippen molar-refractivity contribution >= 4 is 21.9 Å². The Kier molecular flexibility index (Phi) is 5.12. The van der Waals surface area contributed by atoms with E-state index in [2.05, 4.69) is 26.9 Å². The van der Waals surface area contributed by atoms with Gasteiger partial charge in [-0.3, -0.25) is 4.90 Å². The fourth-order valence-electron chi connectivity index (χ4n) is 2.11. The Morgan fingerprint density at radius 3 is 3.10 bits per heavy atom. The number of morpholine rings is 1. The molecule has 0 aromatic heterocycles. The number of esters is 1. The molecule has 0 N–H and O–H groups in total. The van der Waals surface area contributed by atoms with Crippen LogP contribution in [0.2, 0.25) is 0 Å². The van der Waals surface area contributed by atoms with E-state index in [1.54, 1.807) is 12.1 Å². The normalized spacial score (nSPS) is 19.4. The quantitative estimate of drug-likeness (QED) is 0.785. The van der Waals surface area contributed by atoms with E-state index >= 15 is 0 Å². The molecule has 0 unspecified atom stereocenters. The molecule has 1 aromatic rings. The van der Waals surface area contributed by atoms with Gasteiger partial charge in [0.05, 0.1) is 25.3 Å². The summed E-state index contributed by atoms with van der Waals surface area (Å²) in [5.41, 5.74) is 1.70. The zero-order valence-electron chi connectivity index (χ0n) is 11.1. The molecular weight excluding hydrogens is 324 g/mol. The van der Waals surface area contributed by atoms with Gasteiger partial charge in [0.15, 0.2) is 6.10 Å². The minimum Gasteiger partial charge on any atom is -0.467 e. The molecule has 5 nitrogen and oxygen atoms in total. The van der Waals surface area contributed by atoms with Gasteiger partial charge in [0.25, 0.3) is 0 Å². The molecule has 1 atom stereocenters. The summed E-state index contributed by atoms with van der Waals surface area (Å²) in [5.74, 6) is -0.339. The maximum absolute atomic E-state index is 11.5. The van der Waals surface area contributed by atoms with Gasteiger partial charge in [-0.1, -0.05) is 22.0 Å². The third-order valence-corrected chi connectivity index (χ3v) is 3.93. The molecule has 0 radical (unpaired) electrons. The van der Waals surface area contributed by atoms with Gasteiger partial charge in [0, 0.05) is 24.1 Å². The van der Waals surface area contributed by atoms with Crippen molar-refractivity contribution in [3.05, 3.63) is 33.8 Å². The van der Waals surface area contributed by atoms with Crippen molar-refractivity contribution < 1.29 is 14.3 Å². The van der Waals surface area contributed by atoms with Crippen molar-refractivity contribution in [1.29, 1.82) is 5.26 Å². The van der Waals surface area contributed by atoms with E-state index in [1.165, 1.54) is 7.11 Å². The predicted octanol–water partition coefficient (Wildman–Crippen LogP) is 1.69. The summed E-state index contributed by atoms with van der Waals surface area (Å²) in [4.78, 5) is 13.6. The molecule has 0 amide bonds. The second-order valence-corrected chi connectivity index (χ2v) is 5.39. The first-order valence-electron chi connectivity index (χ1n) is 6.24. The van der Waals surface area contributed by atoms with E-state index in [0.717, 1.165) is 16.6 Å². The van der Waals surface area contributed by atoms with E-state index in [9.17, 15) is 4.79 Å². The highest BCUT2D eigenvalue weighted by molar-refractivity contribution is 9.10. The van der Waals surface area contributed by atoms with E-state index in [4.69, 9.17) is 14.7 Å². The molecule has 106 valence electrons. The second kappa shape index (κ2) is 6.84. The summed E-state index contributed by atoms with van der Waals surface area (Å²) in [7, 11) is 1.36. The SMILES string of the molecule is COC(=O)[C@@H]1CN(Cc2ccc(C#N)cc2Br)CCO1. The lowest BCUT2D eigenvalue weighted by Crippen LogP contribution is -2.46. The first kappa shape index (κ1) is 15.0. The molecule has 1 fully saturated rings. The maximum atomic E-state index is 11.5. The molecule has 0 aliphatic carbocycles. The van der Waals surface area contributed by atoms with Crippen LogP contribution >= 0.6 is 15.9 Å². The molecule has 1 saturated heterocycles. The van der Waals surface area contributed by atoms with Crippen LogP contribution in [-0.2, 0) is 20.8 Å². The summed E-state index contributed by atoms with van der Waals surface area (Å²) in [5, 5.41) is 8.85. The third-order valence-electron chi connectivity index (χ3n) is 3.19. The average molecular weight is 339 g/mol. The molecule has 1 aliphatic heterocycles. The summed E-state index contributed by atoms with van der Waals surface area (Å²) in [6.07, 6.45) is -0.522. The Hall–Kier alpha value is -1.42. The number of carbonyl (C=O) groups excluding carboxylic acids is 1. The molecule has 2 rings (SSSR count). The number of hydrogen-bond acceptors (Lipinski definition) is 5. The Morgan fingerprint density at radius 1 is 1.65 bits per heavy atom. The molecule has 1 aliphatic rings. The van der Waals surface area contributed by atoms with Gasteiger partial charge in [-0.25, -0.2) is 4.79 Å². The topological polar surface area (TPSA) is 62.6 Å². The Balaban J connectivity index is 2.03. The largest absolute Gasteiger partial charge is 0.467 e. The number of carbonyl (C=O) groups is 1. The molecule has 1 aromatic carbocycles. The molecule has 1 heterocycles. The van der Waals surface area contributed by atoms with Crippen LogP contribution in [0.5, 0.6) is 0 Å². The number of nitrogens with zero attached hydrogens (tertiary/aromatic N) is 2. The van der Waals surface area contributed by atoms with Gasteiger partial charge >= 0.3 is 5.97 Å². The first-order valence-corrected chi connectivity index (χ1v) is 7.03. The molecule has 20 heavy (non-hydrogen) atoms.